The summed E-state index contributed by atoms with van der Waals surface area (Å²) >= 11 is 0. The molecule has 2 aliphatic rings. The molecule has 0 radical (unpaired) electrons. The smallest absolute Gasteiger partial charge is 0.256 e. The van der Waals surface area contributed by atoms with Gasteiger partial charge < -0.3 is 15.6 Å². The van der Waals surface area contributed by atoms with E-state index in [2.05, 4.69) is 21.7 Å². The number of rotatable bonds is 4. The molecular weight excluding hydrogens is 364 g/mol. The zero-order valence-electron chi connectivity index (χ0n) is 15.9. The molecule has 1 aliphatic carbocycles. The van der Waals surface area contributed by atoms with Crippen molar-refractivity contribution >= 4 is 27.6 Å². The Bertz CT molecular complexity index is 1210. The third-order valence-electron chi connectivity index (χ3n) is 6.38. The van der Waals surface area contributed by atoms with Crippen LogP contribution in [0.1, 0.15) is 24.8 Å². The minimum atomic E-state index is -0.625. The fourth-order valence-electron chi connectivity index (χ4n) is 5.04. The molecule has 2 heterocycles. The molecule has 2 fully saturated rings. The fourth-order valence-corrected chi connectivity index (χ4v) is 5.04. The molecule has 6 heteroatoms. The second kappa shape index (κ2) is 7.02. The molecule has 3 aromatic rings. The predicted octanol–water partition coefficient (Wildman–Crippen LogP) is 2.37. The summed E-state index contributed by atoms with van der Waals surface area (Å²) < 4.78 is 0. The number of nitrogens with one attached hydrogen (secondary N) is 3. The third-order valence-corrected chi connectivity index (χ3v) is 6.38. The average Bonchev–Trinajstić information content (AvgIpc) is 3.37. The van der Waals surface area contributed by atoms with Crippen LogP contribution in [0.2, 0.25) is 0 Å². The zero-order chi connectivity index (χ0) is 20.0. The number of carbonyl (C=O) groups excluding carboxylic acids is 1. The number of hydrogen-bond acceptors (Lipinski definition) is 4. The second-order valence-corrected chi connectivity index (χ2v) is 8.15. The molecule has 1 aromatic heterocycles. The van der Waals surface area contributed by atoms with Crippen molar-refractivity contribution in [1.82, 2.24) is 15.6 Å². The number of aromatic amines is 1. The number of amides is 1. The number of nitrogens with zero attached hydrogens (tertiary/aromatic N) is 1. The number of hydrogen-bond donors (Lipinski definition) is 3. The minimum Gasteiger partial charge on any atom is -0.339 e. The quantitative estimate of drug-likeness (QED) is 0.600. The molecular formula is C23H22N4O2. The highest BCUT2D eigenvalue weighted by Gasteiger charge is 2.43. The number of pyridine rings is 1. The van der Waals surface area contributed by atoms with Crippen LogP contribution in [-0.2, 0) is 11.2 Å². The molecule has 5 rings (SSSR count). The Kier molecular flexibility index (Phi) is 4.33. The number of nitriles is 1. The Morgan fingerprint density at radius 2 is 2.00 bits per heavy atom. The summed E-state index contributed by atoms with van der Waals surface area (Å²) in [7, 11) is 0. The lowest BCUT2D eigenvalue weighted by Crippen LogP contribution is -2.50. The molecule has 2 bridgehead atoms. The second-order valence-electron chi connectivity index (χ2n) is 8.15. The van der Waals surface area contributed by atoms with E-state index in [1.807, 2.05) is 36.4 Å². The van der Waals surface area contributed by atoms with E-state index in [1.165, 1.54) is 0 Å². The van der Waals surface area contributed by atoms with Gasteiger partial charge in [-0.05, 0) is 48.3 Å². The van der Waals surface area contributed by atoms with E-state index in [0.717, 1.165) is 41.1 Å². The van der Waals surface area contributed by atoms with E-state index >= 15 is 0 Å². The maximum atomic E-state index is 12.7. The summed E-state index contributed by atoms with van der Waals surface area (Å²) in [5, 5.41) is 18.4. The summed E-state index contributed by atoms with van der Waals surface area (Å²) in [6, 6.07) is 15.0. The molecule has 1 saturated heterocycles. The first-order chi connectivity index (χ1) is 14.1. The number of piperidine rings is 1. The van der Waals surface area contributed by atoms with Gasteiger partial charge in [0.1, 0.15) is 6.04 Å². The Balaban J connectivity index is 1.46. The highest BCUT2D eigenvalue weighted by molar-refractivity contribution is 6.07. The average molecular weight is 386 g/mol. The zero-order valence-corrected chi connectivity index (χ0v) is 15.9. The standard InChI is InChI=1S/C23H22N4O2/c24-12-16(26-23(29)21-14-8-9-15(11-14)25-21)10-13-4-3-7-19-20(13)17-5-1-2-6-18(17)22(28)27-19/h1-7,14-16,21,25H,8-11H2,(H,26,29)(H,27,28)/t14-,15+,16?,21-/m0/s1. The van der Waals surface area contributed by atoms with Crippen LogP contribution in [-0.4, -0.2) is 29.0 Å². The van der Waals surface area contributed by atoms with Gasteiger partial charge in [0, 0.05) is 28.8 Å². The van der Waals surface area contributed by atoms with Gasteiger partial charge in [-0.1, -0.05) is 30.3 Å². The van der Waals surface area contributed by atoms with Crippen molar-refractivity contribution in [1.29, 1.82) is 5.26 Å². The van der Waals surface area contributed by atoms with Crippen molar-refractivity contribution in [2.75, 3.05) is 0 Å². The van der Waals surface area contributed by atoms with E-state index in [9.17, 15) is 14.9 Å². The van der Waals surface area contributed by atoms with E-state index in [4.69, 9.17) is 0 Å². The van der Waals surface area contributed by atoms with E-state index < -0.39 is 6.04 Å². The largest absolute Gasteiger partial charge is 0.339 e. The van der Waals surface area contributed by atoms with Gasteiger partial charge in [-0.15, -0.1) is 0 Å². The maximum absolute atomic E-state index is 12.7. The van der Waals surface area contributed by atoms with Crippen LogP contribution in [0.25, 0.3) is 21.7 Å². The lowest BCUT2D eigenvalue weighted by Gasteiger charge is -2.24. The van der Waals surface area contributed by atoms with Gasteiger partial charge >= 0.3 is 0 Å². The van der Waals surface area contributed by atoms with Gasteiger partial charge in [-0.2, -0.15) is 5.26 Å². The maximum Gasteiger partial charge on any atom is 0.256 e. The molecule has 1 saturated carbocycles. The summed E-state index contributed by atoms with van der Waals surface area (Å²) in [6.07, 6.45) is 3.65. The van der Waals surface area contributed by atoms with Crippen molar-refractivity contribution in [3.8, 4) is 6.07 Å². The summed E-state index contributed by atoms with van der Waals surface area (Å²) in [5.41, 5.74) is 1.55. The lowest BCUT2D eigenvalue weighted by atomic mass is 9.96. The van der Waals surface area contributed by atoms with Crippen molar-refractivity contribution < 1.29 is 4.79 Å². The van der Waals surface area contributed by atoms with Gasteiger partial charge in [0.2, 0.25) is 5.91 Å². The van der Waals surface area contributed by atoms with Crippen LogP contribution in [0, 0.1) is 17.2 Å². The molecule has 29 heavy (non-hydrogen) atoms. The predicted molar refractivity (Wildman–Crippen MR) is 111 cm³/mol. The van der Waals surface area contributed by atoms with Crippen LogP contribution >= 0.6 is 0 Å². The van der Waals surface area contributed by atoms with Gasteiger partial charge in [0.15, 0.2) is 0 Å². The Labute approximate surface area is 167 Å². The highest BCUT2D eigenvalue weighted by atomic mass is 16.2. The summed E-state index contributed by atoms with van der Waals surface area (Å²) in [4.78, 5) is 28.0. The minimum absolute atomic E-state index is 0.0812. The molecule has 6 nitrogen and oxygen atoms in total. The van der Waals surface area contributed by atoms with E-state index in [0.29, 0.717) is 23.8 Å². The Morgan fingerprint density at radius 3 is 2.72 bits per heavy atom. The number of aromatic nitrogens is 1. The molecule has 2 aromatic carbocycles. The first kappa shape index (κ1) is 17.9. The summed E-state index contributed by atoms with van der Waals surface area (Å²) in [6.45, 7) is 0. The topological polar surface area (TPSA) is 97.8 Å². The third kappa shape index (κ3) is 3.08. The molecule has 3 N–H and O–H groups in total. The van der Waals surface area contributed by atoms with Crippen LogP contribution in [0.15, 0.2) is 47.3 Å². The van der Waals surface area contributed by atoms with Crippen molar-refractivity contribution in [3.05, 3.63) is 58.4 Å². The van der Waals surface area contributed by atoms with Crippen LogP contribution in [0.3, 0.4) is 0 Å². The number of carbonyl (C=O) groups is 1. The van der Waals surface area contributed by atoms with Gasteiger partial charge in [-0.25, -0.2) is 0 Å². The van der Waals surface area contributed by atoms with Gasteiger partial charge in [-0.3, -0.25) is 9.59 Å². The number of fused-ring (bicyclic) bond motifs is 5. The molecule has 4 atom stereocenters. The van der Waals surface area contributed by atoms with E-state index in [-0.39, 0.29) is 17.5 Å². The molecule has 1 aliphatic heterocycles. The fraction of sp³-hybridized carbons (Fsp3) is 0.348. The molecule has 146 valence electrons. The van der Waals surface area contributed by atoms with Gasteiger partial charge in [0.25, 0.3) is 5.56 Å². The van der Waals surface area contributed by atoms with Crippen LogP contribution in [0.4, 0.5) is 0 Å². The first-order valence-electron chi connectivity index (χ1n) is 10.1. The normalized spacial score (nSPS) is 23.9. The molecule has 1 unspecified atom stereocenters. The van der Waals surface area contributed by atoms with E-state index in [1.54, 1.807) is 6.07 Å². The SMILES string of the molecule is N#CC(Cc1cccc2[nH]c(=O)c3ccccc3c12)NC(=O)[C@H]1N[C@@H]2CC[C@H]1C2. The monoisotopic (exact) mass is 386 g/mol. The first-order valence-corrected chi connectivity index (χ1v) is 10.1. The Morgan fingerprint density at radius 1 is 1.17 bits per heavy atom. The molecule has 0 spiro atoms. The van der Waals surface area contributed by atoms with Crippen molar-refractivity contribution in [3.63, 3.8) is 0 Å². The lowest BCUT2D eigenvalue weighted by molar-refractivity contribution is -0.124. The van der Waals surface area contributed by atoms with Crippen molar-refractivity contribution in [2.45, 2.75) is 43.8 Å². The number of H-pyrrole nitrogens is 1. The molecule has 1 amide bonds. The summed E-state index contributed by atoms with van der Waals surface area (Å²) in [5.74, 6) is 0.299. The number of benzene rings is 2. The highest BCUT2D eigenvalue weighted by Crippen LogP contribution is 2.35. The van der Waals surface area contributed by atoms with Crippen LogP contribution < -0.4 is 16.2 Å². The van der Waals surface area contributed by atoms with Gasteiger partial charge in [0.05, 0.1) is 12.1 Å². The Hall–Kier alpha value is -3.17. The van der Waals surface area contributed by atoms with Crippen molar-refractivity contribution in [2.24, 2.45) is 5.92 Å². The van der Waals surface area contributed by atoms with Crippen LogP contribution in [0.5, 0.6) is 0 Å².